The predicted octanol–water partition coefficient (Wildman–Crippen LogP) is 3.05. The van der Waals surface area contributed by atoms with Crippen LogP contribution < -0.4 is 0 Å². The standard InChI is InChI=1S/C21H26FN3O2S/c1-24(2)20(26)15(10-18-13-28-14-23-18)11-25-7-5-21(6-8-25)19-4-3-17(22)9-16(19)12-27-21/h3-4,9,13-15H,5-8,10-12H2,1-2H3. The Morgan fingerprint density at radius 3 is 2.86 bits per heavy atom. The predicted molar refractivity (Wildman–Crippen MR) is 107 cm³/mol. The van der Waals surface area contributed by atoms with Gasteiger partial charge in [0.2, 0.25) is 5.91 Å². The summed E-state index contributed by atoms with van der Waals surface area (Å²) in [6.07, 6.45) is 2.40. The largest absolute Gasteiger partial charge is 0.365 e. The first-order chi connectivity index (χ1) is 13.5. The molecule has 150 valence electrons. The maximum absolute atomic E-state index is 13.5. The fourth-order valence-electron chi connectivity index (χ4n) is 4.43. The molecule has 3 heterocycles. The van der Waals surface area contributed by atoms with E-state index in [0.29, 0.717) is 13.0 Å². The number of ether oxygens (including phenoxy) is 1. The van der Waals surface area contributed by atoms with Crippen molar-refractivity contribution in [1.82, 2.24) is 14.8 Å². The smallest absolute Gasteiger partial charge is 0.226 e. The van der Waals surface area contributed by atoms with Gasteiger partial charge in [-0.3, -0.25) is 4.79 Å². The molecule has 1 aromatic heterocycles. The normalized spacial score (nSPS) is 19.5. The second-order valence-corrected chi connectivity index (χ2v) is 8.72. The van der Waals surface area contributed by atoms with Gasteiger partial charge in [0, 0.05) is 45.5 Å². The third kappa shape index (κ3) is 3.83. The van der Waals surface area contributed by atoms with E-state index >= 15 is 0 Å². The van der Waals surface area contributed by atoms with E-state index in [1.54, 1.807) is 22.3 Å². The molecule has 0 N–H and O–H groups in total. The number of halogens is 1. The number of likely N-dealkylation sites (tertiary alicyclic amines) is 1. The number of carbonyl (C=O) groups is 1. The van der Waals surface area contributed by atoms with E-state index in [9.17, 15) is 9.18 Å². The Bertz CT molecular complexity index is 832. The molecule has 4 rings (SSSR count). The Morgan fingerprint density at radius 1 is 1.39 bits per heavy atom. The van der Waals surface area contributed by atoms with Crippen molar-refractivity contribution >= 4 is 17.2 Å². The van der Waals surface area contributed by atoms with E-state index in [1.807, 2.05) is 31.1 Å². The van der Waals surface area contributed by atoms with Gasteiger partial charge in [-0.2, -0.15) is 0 Å². The molecule has 0 bridgehead atoms. The number of fused-ring (bicyclic) bond motifs is 2. The van der Waals surface area contributed by atoms with Crippen molar-refractivity contribution in [3.63, 3.8) is 0 Å². The van der Waals surface area contributed by atoms with Crippen LogP contribution in [0.4, 0.5) is 4.39 Å². The lowest BCUT2D eigenvalue weighted by Crippen LogP contribution is -2.46. The number of hydrogen-bond donors (Lipinski definition) is 0. The highest BCUT2D eigenvalue weighted by atomic mass is 32.1. The van der Waals surface area contributed by atoms with Crippen LogP contribution in [0.2, 0.25) is 0 Å². The number of piperidine rings is 1. The van der Waals surface area contributed by atoms with Crippen LogP contribution in [0.5, 0.6) is 0 Å². The fourth-order valence-corrected chi connectivity index (χ4v) is 5.00. The average molecular weight is 404 g/mol. The highest BCUT2D eigenvalue weighted by Gasteiger charge is 2.43. The Labute approximate surface area is 169 Å². The Hall–Kier alpha value is -1.83. The number of aromatic nitrogens is 1. The molecule has 1 amide bonds. The van der Waals surface area contributed by atoms with Gasteiger partial charge in [0.1, 0.15) is 5.82 Å². The summed E-state index contributed by atoms with van der Waals surface area (Å²) in [5.41, 5.74) is 4.60. The van der Waals surface area contributed by atoms with E-state index in [2.05, 4.69) is 9.88 Å². The summed E-state index contributed by atoms with van der Waals surface area (Å²) in [5, 5.41) is 2.02. The lowest BCUT2D eigenvalue weighted by molar-refractivity contribution is -0.134. The summed E-state index contributed by atoms with van der Waals surface area (Å²) in [5.74, 6) is -0.160. The Kier molecular flexibility index (Phi) is 5.49. The minimum absolute atomic E-state index is 0.1000. The molecule has 2 aliphatic heterocycles. The summed E-state index contributed by atoms with van der Waals surface area (Å²) in [6, 6.07) is 5.01. The molecule has 1 atom stereocenters. The van der Waals surface area contributed by atoms with Crippen molar-refractivity contribution in [2.24, 2.45) is 5.92 Å². The zero-order chi connectivity index (χ0) is 19.7. The first-order valence-corrected chi connectivity index (χ1v) is 10.6. The third-order valence-electron chi connectivity index (χ3n) is 5.93. The minimum Gasteiger partial charge on any atom is -0.365 e. The van der Waals surface area contributed by atoms with Crippen LogP contribution in [0.1, 0.15) is 29.7 Å². The van der Waals surface area contributed by atoms with Crippen LogP contribution in [-0.4, -0.2) is 54.4 Å². The van der Waals surface area contributed by atoms with E-state index in [1.165, 1.54) is 6.07 Å². The number of rotatable bonds is 5. The van der Waals surface area contributed by atoms with Gasteiger partial charge in [-0.25, -0.2) is 9.37 Å². The van der Waals surface area contributed by atoms with Gasteiger partial charge in [0.05, 0.1) is 29.3 Å². The van der Waals surface area contributed by atoms with Crippen molar-refractivity contribution in [3.05, 3.63) is 51.7 Å². The minimum atomic E-state index is -0.296. The van der Waals surface area contributed by atoms with Crippen LogP contribution >= 0.6 is 11.3 Å². The molecule has 1 fully saturated rings. The molecule has 5 nitrogen and oxygen atoms in total. The summed E-state index contributed by atoms with van der Waals surface area (Å²) in [7, 11) is 3.62. The summed E-state index contributed by atoms with van der Waals surface area (Å²) in [4.78, 5) is 21.1. The van der Waals surface area contributed by atoms with Crippen LogP contribution in [0, 0.1) is 11.7 Å². The van der Waals surface area contributed by atoms with Gasteiger partial charge in [-0.1, -0.05) is 6.07 Å². The number of benzene rings is 1. The maximum Gasteiger partial charge on any atom is 0.226 e. The molecule has 1 saturated heterocycles. The molecular formula is C21H26FN3O2S. The van der Waals surface area contributed by atoms with Gasteiger partial charge >= 0.3 is 0 Å². The number of amides is 1. The van der Waals surface area contributed by atoms with Crippen LogP contribution in [0.15, 0.2) is 29.1 Å². The molecule has 28 heavy (non-hydrogen) atoms. The zero-order valence-corrected chi connectivity index (χ0v) is 17.2. The topological polar surface area (TPSA) is 45.7 Å². The molecule has 1 spiro atoms. The van der Waals surface area contributed by atoms with Crippen molar-refractivity contribution < 1.29 is 13.9 Å². The number of thiazole rings is 1. The third-order valence-corrected chi connectivity index (χ3v) is 6.57. The molecule has 2 aliphatic rings. The van der Waals surface area contributed by atoms with Gasteiger partial charge < -0.3 is 14.5 Å². The molecular weight excluding hydrogens is 377 g/mol. The van der Waals surface area contributed by atoms with E-state index in [-0.39, 0.29) is 23.2 Å². The number of hydrogen-bond acceptors (Lipinski definition) is 5. The lowest BCUT2D eigenvalue weighted by atomic mass is 9.83. The molecule has 1 unspecified atom stereocenters. The quantitative estimate of drug-likeness (QED) is 0.770. The van der Waals surface area contributed by atoms with Crippen molar-refractivity contribution in [1.29, 1.82) is 0 Å². The van der Waals surface area contributed by atoms with Gasteiger partial charge in [0.25, 0.3) is 0 Å². The van der Waals surface area contributed by atoms with Gasteiger partial charge in [0.15, 0.2) is 0 Å². The monoisotopic (exact) mass is 403 g/mol. The fraction of sp³-hybridized carbons (Fsp3) is 0.524. The number of nitrogens with zero attached hydrogens (tertiary/aromatic N) is 3. The molecule has 2 aromatic rings. The molecule has 0 saturated carbocycles. The van der Waals surface area contributed by atoms with E-state index < -0.39 is 0 Å². The van der Waals surface area contributed by atoms with Crippen LogP contribution in [-0.2, 0) is 28.2 Å². The highest BCUT2D eigenvalue weighted by Crippen LogP contribution is 2.44. The van der Waals surface area contributed by atoms with Crippen molar-refractivity contribution in [3.8, 4) is 0 Å². The van der Waals surface area contributed by atoms with Crippen molar-refractivity contribution in [2.45, 2.75) is 31.5 Å². The van der Waals surface area contributed by atoms with Gasteiger partial charge in [-0.05, 0) is 36.1 Å². The Morgan fingerprint density at radius 2 is 2.18 bits per heavy atom. The second kappa shape index (κ2) is 7.89. The maximum atomic E-state index is 13.5. The summed E-state index contributed by atoms with van der Waals surface area (Å²) >= 11 is 1.56. The average Bonchev–Trinajstić information content (AvgIpc) is 3.31. The number of carbonyl (C=O) groups excluding carboxylic acids is 1. The second-order valence-electron chi connectivity index (χ2n) is 8.00. The van der Waals surface area contributed by atoms with Crippen LogP contribution in [0.25, 0.3) is 0 Å². The molecule has 0 radical (unpaired) electrons. The molecule has 0 aliphatic carbocycles. The van der Waals surface area contributed by atoms with Gasteiger partial charge in [-0.15, -0.1) is 11.3 Å². The zero-order valence-electron chi connectivity index (χ0n) is 16.4. The SMILES string of the molecule is CN(C)C(=O)C(Cc1cscn1)CN1CCC2(CC1)OCc1cc(F)ccc12. The van der Waals surface area contributed by atoms with Crippen LogP contribution in [0.3, 0.4) is 0 Å². The summed E-state index contributed by atoms with van der Waals surface area (Å²) in [6.45, 7) is 2.94. The first kappa shape index (κ1) is 19.5. The van der Waals surface area contributed by atoms with Crippen molar-refractivity contribution in [2.75, 3.05) is 33.7 Å². The van der Waals surface area contributed by atoms with E-state index in [4.69, 9.17) is 4.74 Å². The Balaban J connectivity index is 1.42. The summed E-state index contributed by atoms with van der Waals surface area (Å²) < 4.78 is 19.7. The van der Waals surface area contributed by atoms with E-state index in [0.717, 1.165) is 49.3 Å². The first-order valence-electron chi connectivity index (χ1n) is 9.70. The highest BCUT2D eigenvalue weighted by molar-refractivity contribution is 7.07. The molecule has 1 aromatic carbocycles. The molecule has 7 heteroatoms. The lowest BCUT2D eigenvalue weighted by Gasteiger charge is -2.40.